The molecule has 0 rings (SSSR count). The highest BCUT2D eigenvalue weighted by atomic mass is 24.5. The molecular formula is C6H14Mg. The Kier molecular flexibility index (Phi) is 3.25. The average molecular weight is 110 g/mol. The molecule has 0 aliphatic rings. The van der Waals surface area contributed by atoms with Crippen molar-refractivity contribution in [2.75, 3.05) is 0 Å². The molecule has 0 heterocycles. The van der Waals surface area contributed by atoms with Crippen LogP contribution in [0, 0.1) is 5.41 Å². The van der Waals surface area contributed by atoms with E-state index in [-0.39, 0.29) is 0 Å². The molecule has 0 aromatic rings. The second-order valence-electron chi connectivity index (χ2n) is 3.31. The number of rotatable bonds is 1. The van der Waals surface area contributed by atoms with Crippen LogP contribution in [-0.2, 0) is 0 Å². The molecule has 0 atom stereocenters. The van der Waals surface area contributed by atoms with E-state index in [0.717, 1.165) is 0 Å². The first kappa shape index (κ1) is 7.77. The van der Waals surface area contributed by atoms with Gasteiger partial charge < -0.3 is 0 Å². The van der Waals surface area contributed by atoms with E-state index in [4.69, 9.17) is 0 Å². The van der Waals surface area contributed by atoms with Crippen LogP contribution in [0.15, 0.2) is 0 Å². The van der Waals surface area contributed by atoms with Crippen molar-refractivity contribution in [2.24, 2.45) is 5.41 Å². The summed E-state index contributed by atoms with van der Waals surface area (Å²) in [6.07, 6.45) is 0. The highest BCUT2D eigenvalue weighted by Gasteiger charge is 2.07. The smallest absolute Gasteiger partial charge is 0.157 e. The fourth-order valence-corrected chi connectivity index (χ4v) is 2.25. The van der Waals surface area contributed by atoms with Gasteiger partial charge in [-0.1, -0.05) is 26.2 Å². The standard InChI is InChI=1S/C5H11.CH3.Mg/c1-5(2,3)4;;/h1H2,2-4H3;1H3;. The summed E-state index contributed by atoms with van der Waals surface area (Å²) in [6.45, 7) is 6.93. The van der Waals surface area contributed by atoms with E-state index in [9.17, 15) is 0 Å². The molecule has 0 aliphatic carbocycles. The Morgan fingerprint density at radius 1 is 1.29 bits per heavy atom. The Hall–Kier alpha value is 0.766. The van der Waals surface area contributed by atoms with Gasteiger partial charge in [0, 0.05) is 0 Å². The highest BCUT2D eigenvalue weighted by Crippen LogP contribution is 2.17. The Morgan fingerprint density at radius 3 is 1.71 bits per heavy atom. The zero-order chi connectivity index (χ0) is 5.91. The molecule has 7 heavy (non-hydrogen) atoms. The van der Waals surface area contributed by atoms with Crippen LogP contribution >= 0.6 is 0 Å². The van der Waals surface area contributed by atoms with Crippen LogP contribution in [0.2, 0.25) is 9.60 Å². The highest BCUT2D eigenvalue weighted by molar-refractivity contribution is 6.33. The minimum Gasteiger partial charge on any atom is -0.157 e. The van der Waals surface area contributed by atoms with Gasteiger partial charge in [0.25, 0.3) is 0 Å². The van der Waals surface area contributed by atoms with Crippen molar-refractivity contribution in [3.05, 3.63) is 0 Å². The Bertz CT molecular complexity index is 42.6. The van der Waals surface area contributed by atoms with Crippen molar-refractivity contribution in [1.29, 1.82) is 0 Å². The van der Waals surface area contributed by atoms with Gasteiger partial charge in [-0.05, 0) is 0 Å². The van der Waals surface area contributed by atoms with Crippen molar-refractivity contribution in [1.82, 2.24) is 0 Å². The van der Waals surface area contributed by atoms with Crippen LogP contribution in [-0.4, -0.2) is 20.4 Å². The molecule has 0 unspecified atom stereocenters. The maximum atomic E-state index is 2.37. The van der Waals surface area contributed by atoms with Gasteiger partial charge in [0.05, 0.1) is 0 Å². The molecule has 0 N–H and O–H groups in total. The zero-order valence-corrected chi connectivity index (χ0v) is 7.33. The monoisotopic (exact) mass is 110 g/mol. The summed E-state index contributed by atoms with van der Waals surface area (Å²) in [7, 11) is 0. The predicted molar refractivity (Wildman–Crippen MR) is 35.9 cm³/mol. The summed E-state index contributed by atoms with van der Waals surface area (Å²) in [5, 5.41) is 2.37. The first-order chi connectivity index (χ1) is 3.06. The van der Waals surface area contributed by atoms with Gasteiger partial charge in [-0.15, -0.1) is 4.55 Å². The maximum Gasteiger partial charge on any atom is 0.360 e. The van der Waals surface area contributed by atoms with E-state index in [1.807, 2.05) is 0 Å². The summed E-state index contributed by atoms with van der Waals surface area (Å²) in [6, 6.07) is 0. The van der Waals surface area contributed by atoms with Gasteiger partial charge in [0.2, 0.25) is 0 Å². The molecule has 0 aromatic heterocycles. The third-order valence-corrected chi connectivity index (χ3v) is 3.00. The molecule has 0 aromatic carbocycles. The first-order valence-electron chi connectivity index (χ1n) is 3.06. The predicted octanol–water partition coefficient (Wildman–Crippen LogP) is 2.20. The molecule has 0 spiro atoms. The molecule has 0 amide bonds. The first-order valence-corrected chi connectivity index (χ1v) is 5.47. The Labute approximate surface area is 56.4 Å². The molecule has 0 nitrogen and oxygen atoms in total. The quantitative estimate of drug-likeness (QED) is 0.454. The van der Waals surface area contributed by atoms with E-state index < -0.39 is 0 Å². The van der Waals surface area contributed by atoms with Gasteiger partial charge in [0.15, 0.2) is 0 Å². The molecular weight excluding hydrogens is 96.4 g/mol. The second kappa shape index (κ2) is 2.93. The summed E-state index contributed by atoms with van der Waals surface area (Å²) in [5.74, 6) is 0. The van der Waals surface area contributed by atoms with Gasteiger partial charge >= 0.3 is 20.4 Å². The lowest BCUT2D eigenvalue weighted by Crippen LogP contribution is -2.05. The Balaban J connectivity index is 3.15. The second-order valence-corrected chi connectivity index (χ2v) is 4.81. The van der Waals surface area contributed by atoms with Crippen LogP contribution in [0.25, 0.3) is 0 Å². The lowest BCUT2D eigenvalue weighted by Gasteiger charge is -2.15. The minimum atomic E-state index is 0.310. The number of hydrogen-bond donors (Lipinski definition) is 0. The van der Waals surface area contributed by atoms with Crippen LogP contribution in [0.1, 0.15) is 20.8 Å². The maximum absolute atomic E-state index is 2.37. The van der Waals surface area contributed by atoms with Gasteiger partial charge in [0.1, 0.15) is 0 Å². The normalized spacial score (nSPS) is 10.9. The average Bonchev–Trinajstić information content (AvgIpc) is 1.30. The fourth-order valence-electron chi connectivity index (χ4n) is 0.750. The molecule has 0 fully saturated rings. The van der Waals surface area contributed by atoms with Crippen molar-refractivity contribution in [2.45, 2.75) is 30.4 Å². The lowest BCUT2D eigenvalue weighted by molar-refractivity contribution is 0.467. The lowest BCUT2D eigenvalue weighted by atomic mass is 10.0. The molecule has 0 aliphatic heterocycles. The van der Waals surface area contributed by atoms with Crippen molar-refractivity contribution < 1.29 is 0 Å². The molecule has 0 radical (unpaired) electrons. The zero-order valence-electron chi connectivity index (χ0n) is 5.91. The van der Waals surface area contributed by atoms with Crippen molar-refractivity contribution >= 4 is 20.4 Å². The fraction of sp³-hybridized carbons (Fsp3) is 1.00. The summed E-state index contributed by atoms with van der Waals surface area (Å²) in [5.41, 5.74) is 0.612. The third kappa shape index (κ3) is 6.77. The third-order valence-electron chi connectivity index (χ3n) is 1.000. The van der Waals surface area contributed by atoms with Crippen LogP contribution in [0.3, 0.4) is 0 Å². The largest absolute Gasteiger partial charge is 0.360 e. The molecule has 40 valence electrons. The molecule has 1 heteroatoms. The van der Waals surface area contributed by atoms with Crippen LogP contribution in [0.4, 0.5) is 0 Å². The van der Waals surface area contributed by atoms with Crippen molar-refractivity contribution in [3.8, 4) is 0 Å². The van der Waals surface area contributed by atoms with Gasteiger partial charge in [-0.3, -0.25) is 0 Å². The Morgan fingerprint density at radius 2 is 1.71 bits per heavy atom. The van der Waals surface area contributed by atoms with Gasteiger partial charge in [-0.25, -0.2) is 0 Å². The number of hydrogen-bond acceptors (Lipinski definition) is 0. The summed E-state index contributed by atoms with van der Waals surface area (Å²) < 4.78 is 1.48. The van der Waals surface area contributed by atoms with Crippen molar-refractivity contribution in [3.63, 3.8) is 0 Å². The minimum absolute atomic E-state index is 0.310. The van der Waals surface area contributed by atoms with Gasteiger partial charge in [-0.2, -0.15) is 5.05 Å². The van der Waals surface area contributed by atoms with E-state index in [1.165, 1.54) is 4.55 Å². The SMILES string of the molecule is [CH3][Mg][CH2]C(C)(C)C. The summed E-state index contributed by atoms with van der Waals surface area (Å²) in [4.78, 5) is 0. The van der Waals surface area contributed by atoms with E-state index in [1.54, 1.807) is 0 Å². The van der Waals surface area contributed by atoms with E-state index in [0.29, 0.717) is 25.8 Å². The molecule has 0 saturated carbocycles. The molecule has 0 bridgehead atoms. The van der Waals surface area contributed by atoms with E-state index >= 15 is 0 Å². The topological polar surface area (TPSA) is 0 Å². The van der Waals surface area contributed by atoms with Crippen LogP contribution < -0.4 is 0 Å². The summed E-state index contributed by atoms with van der Waals surface area (Å²) >= 11 is 0.310. The molecule has 0 saturated heterocycles. The van der Waals surface area contributed by atoms with Crippen LogP contribution in [0.5, 0.6) is 0 Å². The van der Waals surface area contributed by atoms with E-state index in [2.05, 4.69) is 25.8 Å².